The molecule has 0 aliphatic carbocycles. The molecule has 1 rings (SSSR count). The highest BCUT2D eigenvalue weighted by Gasteiger charge is 2.53. The van der Waals surface area contributed by atoms with E-state index in [9.17, 15) is 24.3 Å². The first kappa shape index (κ1) is 37.2. The van der Waals surface area contributed by atoms with Crippen molar-refractivity contribution < 1.29 is 34.4 Å². The van der Waals surface area contributed by atoms with E-state index in [1.807, 2.05) is 13.8 Å². The van der Waals surface area contributed by atoms with Gasteiger partial charge in [0, 0.05) is 56.7 Å². The van der Waals surface area contributed by atoms with Crippen molar-refractivity contribution in [2.75, 3.05) is 32.8 Å². The monoisotopic (exact) mass is 582 g/mol. The molecular weight excluding hydrogens is 524 g/mol. The molecule has 1 fully saturated rings. The maximum atomic E-state index is 12.7. The first-order valence-electron chi connectivity index (χ1n) is 16.0. The number of hydrogen-bond acceptors (Lipinski definition) is 7. The van der Waals surface area contributed by atoms with Crippen LogP contribution in [0.5, 0.6) is 0 Å². The maximum absolute atomic E-state index is 12.7. The highest BCUT2D eigenvalue weighted by Crippen LogP contribution is 2.46. The van der Waals surface area contributed by atoms with E-state index in [4.69, 9.17) is 5.26 Å². The van der Waals surface area contributed by atoms with Gasteiger partial charge in [0.1, 0.15) is 0 Å². The molecule has 0 saturated carbocycles. The van der Waals surface area contributed by atoms with Gasteiger partial charge in [0.15, 0.2) is 11.6 Å². The zero-order valence-electron chi connectivity index (χ0n) is 26.1. The molecule has 238 valence electrons. The number of carbonyl (C=O) groups excluding carboxylic acids is 4. The Balaban J connectivity index is 1.92. The number of Topliss-reactive ketones (excluding diaryl/α,β-unsaturated/α-hetero) is 2. The van der Waals surface area contributed by atoms with Crippen LogP contribution in [0.25, 0.3) is 0 Å². The number of aliphatic hydroxyl groups excluding tert-OH is 1. The van der Waals surface area contributed by atoms with Crippen LogP contribution in [0, 0.1) is 10.8 Å². The van der Waals surface area contributed by atoms with E-state index in [2.05, 4.69) is 10.2 Å². The quantitative estimate of drug-likeness (QED) is 0.0551. The summed E-state index contributed by atoms with van der Waals surface area (Å²) in [6.07, 6.45) is 17.2. The van der Waals surface area contributed by atoms with Crippen LogP contribution in [-0.4, -0.2) is 71.5 Å². The lowest BCUT2D eigenvalue weighted by Crippen LogP contribution is -2.42. The predicted molar refractivity (Wildman–Crippen MR) is 160 cm³/mol. The minimum Gasteiger partial charge on any atom is -0.396 e. The Labute approximate surface area is 248 Å². The van der Waals surface area contributed by atoms with E-state index in [1.54, 1.807) is 4.90 Å². The molecule has 0 bridgehead atoms. The Bertz CT molecular complexity index is 790. The van der Waals surface area contributed by atoms with Gasteiger partial charge in [-0.05, 0) is 25.7 Å². The third kappa shape index (κ3) is 14.8. The number of ketones is 2. The Morgan fingerprint density at radius 3 is 1.68 bits per heavy atom. The summed E-state index contributed by atoms with van der Waals surface area (Å²) < 4.78 is 0. The van der Waals surface area contributed by atoms with Gasteiger partial charge in [-0.3, -0.25) is 24.4 Å². The third-order valence-electron chi connectivity index (χ3n) is 8.96. The summed E-state index contributed by atoms with van der Waals surface area (Å²) in [6.45, 7) is 6.93. The van der Waals surface area contributed by atoms with Gasteiger partial charge >= 0.3 is 0 Å². The van der Waals surface area contributed by atoms with Crippen molar-refractivity contribution in [3.63, 3.8) is 0 Å². The van der Waals surface area contributed by atoms with E-state index in [-0.39, 0.29) is 36.6 Å². The van der Waals surface area contributed by atoms with Crippen LogP contribution in [0.2, 0.25) is 0 Å². The Hall–Kier alpha value is -1.84. The average molecular weight is 583 g/mol. The minimum atomic E-state index is -0.497. The molecule has 0 aromatic heterocycles. The number of amides is 2. The predicted octanol–water partition coefficient (Wildman–Crippen LogP) is 5.62. The molecule has 1 saturated heterocycles. The molecule has 2 atom stereocenters. The second-order valence-corrected chi connectivity index (χ2v) is 12.7. The van der Waals surface area contributed by atoms with Gasteiger partial charge in [0.25, 0.3) is 0 Å². The molecule has 3 N–H and O–H groups in total. The van der Waals surface area contributed by atoms with Crippen LogP contribution in [0.4, 0.5) is 0 Å². The topological polar surface area (TPSA) is 133 Å². The molecule has 0 radical (unpaired) electrons. The molecule has 9 nitrogen and oxygen atoms in total. The fourth-order valence-corrected chi connectivity index (χ4v) is 5.63. The van der Waals surface area contributed by atoms with Crippen LogP contribution in [0.1, 0.15) is 136 Å². The summed E-state index contributed by atoms with van der Waals surface area (Å²) in [4.78, 5) is 53.1. The van der Waals surface area contributed by atoms with Crippen molar-refractivity contribution >= 4 is 23.4 Å². The van der Waals surface area contributed by atoms with Gasteiger partial charge in [0.2, 0.25) is 11.8 Å². The van der Waals surface area contributed by atoms with Gasteiger partial charge in [0.05, 0.1) is 13.2 Å². The number of nitrogens with zero attached hydrogens (tertiary/aromatic N) is 1. The summed E-state index contributed by atoms with van der Waals surface area (Å²) in [5.74, 6) is -0.348. The minimum absolute atomic E-state index is 0.0616. The smallest absolute Gasteiger partial charge is 0.222 e. The molecule has 0 aromatic carbocycles. The van der Waals surface area contributed by atoms with E-state index >= 15 is 0 Å². The van der Waals surface area contributed by atoms with Crippen LogP contribution in [0.15, 0.2) is 0 Å². The van der Waals surface area contributed by atoms with Crippen molar-refractivity contribution in [1.82, 2.24) is 10.2 Å². The molecule has 0 aromatic rings. The number of aliphatic hydroxyl groups is 1. The van der Waals surface area contributed by atoms with Crippen LogP contribution < -0.4 is 5.32 Å². The summed E-state index contributed by atoms with van der Waals surface area (Å²) in [5.41, 5.74) is -0.980. The Morgan fingerprint density at radius 1 is 0.707 bits per heavy atom. The van der Waals surface area contributed by atoms with Gasteiger partial charge in [-0.2, -0.15) is 0 Å². The van der Waals surface area contributed by atoms with Gasteiger partial charge in [-0.15, -0.1) is 0 Å². The van der Waals surface area contributed by atoms with Crippen molar-refractivity contribution in [3.05, 3.63) is 0 Å². The van der Waals surface area contributed by atoms with E-state index in [1.165, 1.54) is 32.6 Å². The fraction of sp³-hybridized carbons (Fsp3) is 0.875. The highest BCUT2D eigenvalue weighted by atomic mass is 17.1. The Kier molecular flexibility index (Phi) is 19.0. The highest BCUT2D eigenvalue weighted by molar-refractivity contribution is 6.36. The first-order chi connectivity index (χ1) is 19.6. The molecule has 1 aliphatic heterocycles. The second kappa shape index (κ2) is 20.9. The van der Waals surface area contributed by atoms with E-state index in [0.717, 1.165) is 77.2 Å². The van der Waals surface area contributed by atoms with Gasteiger partial charge in [-0.1, -0.05) is 84.5 Å². The molecule has 2 unspecified atom stereocenters. The summed E-state index contributed by atoms with van der Waals surface area (Å²) in [5, 5.41) is 21.8. The fourth-order valence-electron chi connectivity index (χ4n) is 5.63. The van der Waals surface area contributed by atoms with Crippen LogP contribution in [0.3, 0.4) is 0 Å². The SMILES string of the molecule is CC(=O)C(=O)CCCCCCCCCCCNC(=O)CCCCCCCCC(=O)N1CC(C)(CO)C(C)(COO)C1. The second-order valence-electron chi connectivity index (χ2n) is 12.7. The average Bonchev–Trinajstić information content (AvgIpc) is 3.21. The standard InChI is InChI=1S/C32H58N2O7/c1-27(36)28(37)19-15-11-7-5-4-6-10-14-18-22-33-29(38)20-16-12-8-9-13-17-21-30(39)34-23-31(2,25-35)32(3,24-34)26-41-40/h35,40H,4-26H2,1-3H3,(H,33,38). The van der Waals surface area contributed by atoms with Crippen molar-refractivity contribution in [2.24, 2.45) is 10.8 Å². The molecule has 9 heteroatoms. The van der Waals surface area contributed by atoms with E-state index in [0.29, 0.717) is 32.4 Å². The number of carbonyl (C=O) groups is 4. The van der Waals surface area contributed by atoms with Crippen molar-refractivity contribution in [2.45, 2.75) is 136 Å². The zero-order chi connectivity index (χ0) is 30.6. The maximum Gasteiger partial charge on any atom is 0.222 e. The lowest BCUT2D eigenvalue weighted by atomic mass is 9.69. The van der Waals surface area contributed by atoms with E-state index < -0.39 is 10.8 Å². The molecular formula is C32H58N2O7. The van der Waals surface area contributed by atoms with Crippen LogP contribution >= 0.6 is 0 Å². The lowest BCUT2D eigenvalue weighted by molar-refractivity contribution is -0.268. The number of unbranched alkanes of at least 4 members (excludes halogenated alkanes) is 13. The number of rotatable bonds is 25. The van der Waals surface area contributed by atoms with Gasteiger partial charge < -0.3 is 15.3 Å². The summed E-state index contributed by atoms with van der Waals surface area (Å²) in [6, 6.07) is 0. The van der Waals surface area contributed by atoms with Crippen LogP contribution in [-0.2, 0) is 24.1 Å². The summed E-state index contributed by atoms with van der Waals surface area (Å²) >= 11 is 0. The number of hydrogen-bond donors (Lipinski definition) is 3. The van der Waals surface area contributed by atoms with Crippen molar-refractivity contribution in [1.29, 1.82) is 0 Å². The zero-order valence-corrected chi connectivity index (χ0v) is 26.1. The Morgan fingerprint density at radius 2 is 1.17 bits per heavy atom. The van der Waals surface area contributed by atoms with Gasteiger partial charge in [-0.25, -0.2) is 4.89 Å². The first-order valence-corrected chi connectivity index (χ1v) is 16.0. The summed E-state index contributed by atoms with van der Waals surface area (Å²) in [7, 11) is 0. The molecule has 1 heterocycles. The third-order valence-corrected chi connectivity index (χ3v) is 8.96. The molecule has 1 aliphatic rings. The normalized spacial score (nSPS) is 20.4. The lowest BCUT2D eigenvalue weighted by Gasteiger charge is -2.36. The number of nitrogens with one attached hydrogen (secondary N) is 1. The molecule has 0 spiro atoms. The molecule has 41 heavy (non-hydrogen) atoms. The number of likely N-dealkylation sites (tertiary alicyclic amines) is 1. The van der Waals surface area contributed by atoms with Crippen molar-refractivity contribution in [3.8, 4) is 0 Å². The largest absolute Gasteiger partial charge is 0.396 e. The molecule has 2 amide bonds.